The van der Waals surface area contributed by atoms with Crippen LogP contribution in [0.2, 0.25) is 5.02 Å². The molecular weight excluding hydrogens is 446 g/mol. The fourth-order valence-electron chi connectivity index (χ4n) is 3.80. The largest absolute Gasteiger partial charge is 0.495 e. The molecular formula is C24H26ClN3O5. The topological polar surface area (TPSA) is 97.0 Å². The molecule has 2 aromatic carbocycles. The van der Waals surface area contributed by atoms with Gasteiger partial charge in [0.1, 0.15) is 11.5 Å². The number of anilines is 2. The van der Waals surface area contributed by atoms with Crippen LogP contribution in [0.5, 0.6) is 11.5 Å². The lowest BCUT2D eigenvalue weighted by atomic mass is 10.1. The molecule has 2 N–H and O–H groups in total. The molecule has 4 rings (SSSR count). The van der Waals surface area contributed by atoms with Gasteiger partial charge in [0.25, 0.3) is 0 Å². The normalized spacial score (nSPS) is 17.6. The molecule has 3 amide bonds. The van der Waals surface area contributed by atoms with Crippen molar-refractivity contribution in [2.75, 3.05) is 31.0 Å². The van der Waals surface area contributed by atoms with E-state index in [1.165, 1.54) is 19.1 Å². The van der Waals surface area contributed by atoms with Crippen molar-refractivity contribution in [3.63, 3.8) is 0 Å². The summed E-state index contributed by atoms with van der Waals surface area (Å²) in [6.45, 7) is 0.563. The highest BCUT2D eigenvalue weighted by molar-refractivity contribution is 6.32. The number of hydrogen-bond donors (Lipinski definition) is 2. The zero-order valence-corrected chi connectivity index (χ0v) is 19.3. The van der Waals surface area contributed by atoms with Gasteiger partial charge in [0.05, 0.1) is 30.8 Å². The first-order valence-electron chi connectivity index (χ1n) is 10.8. The van der Waals surface area contributed by atoms with Crippen molar-refractivity contribution < 1.29 is 23.9 Å². The molecule has 2 aromatic rings. The fourth-order valence-corrected chi connectivity index (χ4v) is 4.04. The van der Waals surface area contributed by atoms with Crippen molar-refractivity contribution in [1.29, 1.82) is 0 Å². The molecule has 9 heteroatoms. The number of ether oxygens (including phenoxy) is 2. The van der Waals surface area contributed by atoms with Crippen LogP contribution in [-0.4, -0.2) is 38.5 Å². The SMILES string of the molecule is COc1cc(OC)c(N2C[C@H](C(=O)NCc3ccc(NC(=O)C4CC4)cc3)CC2=O)cc1Cl. The number of halogens is 1. The molecule has 8 nitrogen and oxygen atoms in total. The number of methoxy groups -OCH3 is 2. The van der Waals surface area contributed by atoms with Gasteiger partial charge in [-0.3, -0.25) is 14.4 Å². The highest BCUT2D eigenvalue weighted by Gasteiger charge is 2.36. The Morgan fingerprint density at radius 1 is 1.03 bits per heavy atom. The summed E-state index contributed by atoms with van der Waals surface area (Å²) in [6.07, 6.45) is 2.01. The van der Waals surface area contributed by atoms with E-state index in [1.54, 1.807) is 12.1 Å². The maximum Gasteiger partial charge on any atom is 0.227 e. The Bertz CT molecular complexity index is 1070. The lowest BCUT2D eigenvalue weighted by molar-refractivity contribution is -0.126. The highest BCUT2D eigenvalue weighted by atomic mass is 35.5. The van der Waals surface area contributed by atoms with Gasteiger partial charge in [-0.1, -0.05) is 23.7 Å². The smallest absolute Gasteiger partial charge is 0.227 e. The van der Waals surface area contributed by atoms with Crippen molar-refractivity contribution in [3.8, 4) is 11.5 Å². The van der Waals surface area contributed by atoms with Crippen LogP contribution >= 0.6 is 11.6 Å². The molecule has 1 aliphatic heterocycles. The van der Waals surface area contributed by atoms with E-state index in [0.29, 0.717) is 28.8 Å². The standard InChI is InChI=1S/C24H26ClN3O5/c1-32-20-11-21(33-2)19(10-18(20)25)28-13-16(9-22(28)29)23(30)26-12-14-3-7-17(8-4-14)27-24(31)15-5-6-15/h3-4,7-8,10-11,15-16H,5-6,9,12-13H2,1-2H3,(H,26,30)(H,27,31)/t16-/m1/s1. The Labute approximate surface area is 197 Å². The molecule has 1 aliphatic carbocycles. The molecule has 174 valence electrons. The van der Waals surface area contributed by atoms with Gasteiger partial charge >= 0.3 is 0 Å². The number of carbonyl (C=O) groups excluding carboxylic acids is 3. The second-order valence-corrected chi connectivity index (χ2v) is 8.65. The highest BCUT2D eigenvalue weighted by Crippen LogP contribution is 2.40. The van der Waals surface area contributed by atoms with Crippen LogP contribution in [0.15, 0.2) is 36.4 Å². The minimum Gasteiger partial charge on any atom is -0.495 e. The van der Waals surface area contributed by atoms with Gasteiger partial charge in [0.15, 0.2) is 0 Å². The molecule has 2 aliphatic rings. The Hall–Kier alpha value is -3.26. The van der Waals surface area contributed by atoms with Gasteiger partial charge in [-0.15, -0.1) is 0 Å². The van der Waals surface area contributed by atoms with E-state index in [1.807, 2.05) is 24.3 Å². The Morgan fingerprint density at radius 3 is 2.36 bits per heavy atom. The van der Waals surface area contributed by atoms with Gasteiger partial charge in [-0.05, 0) is 36.6 Å². The molecule has 0 spiro atoms. The summed E-state index contributed by atoms with van der Waals surface area (Å²) in [5, 5.41) is 6.14. The third kappa shape index (κ3) is 5.22. The second-order valence-electron chi connectivity index (χ2n) is 8.24. The van der Waals surface area contributed by atoms with Gasteiger partial charge in [-0.2, -0.15) is 0 Å². The van der Waals surface area contributed by atoms with E-state index >= 15 is 0 Å². The van der Waals surface area contributed by atoms with E-state index in [4.69, 9.17) is 21.1 Å². The second kappa shape index (κ2) is 9.70. The molecule has 0 radical (unpaired) electrons. The lowest BCUT2D eigenvalue weighted by Crippen LogP contribution is -2.32. The van der Waals surface area contributed by atoms with Crippen molar-refractivity contribution in [3.05, 3.63) is 47.0 Å². The molecule has 1 heterocycles. The van der Waals surface area contributed by atoms with Crippen molar-refractivity contribution >= 4 is 40.7 Å². The maximum absolute atomic E-state index is 12.7. The lowest BCUT2D eigenvalue weighted by Gasteiger charge is -2.21. The monoisotopic (exact) mass is 471 g/mol. The van der Waals surface area contributed by atoms with Gasteiger partial charge in [0.2, 0.25) is 17.7 Å². The number of amides is 3. The van der Waals surface area contributed by atoms with E-state index in [0.717, 1.165) is 24.1 Å². The minimum absolute atomic E-state index is 0.0567. The van der Waals surface area contributed by atoms with Crippen molar-refractivity contribution in [2.24, 2.45) is 11.8 Å². The number of benzene rings is 2. The summed E-state index contributed by atoms with van der Waals surface area (Å²) in [6, 6.07) is 10.6. The molecule has 1 atom stereocenters. The molecule has 33 heavy (non-hydrogen) atoms. The summed E-state index contributed by atoms with van der Waals surface area (Å²) in [4.78, 5) is 38.8. The summed E-state index contributed by atoms with van der Waals surface area (Å²) >= 11 is 6.24. The van der Waals surface area contributed by atoms with Crippen LogP contribution in [0.1, 0.15) is 24.8 Å². The molecule has 0 unspecified atom stereocenters. The van der Waals surface area contributed by atoms with Gasteiger partial charge < -0.3 is 25.0 Å². The van der Waals surface area contributed by atoms with Crippen molar-refractivity contribution in [2.45, 2.75) is 25.8 Å². The predicted molar refractivity (Wildman–Crippen MR) is 125 cm³/mol. The third-order valence-electron chi connectivity index (χ3n) is 5.88. The van der Waals surface area contributed by atoms with Gasteiger partial charge in [-0.25, -0.2) is 0 Å². The van der Waals surface area contributed by atoms with E-state index in [9.17, 15) is 14.4 Å². The number of carbonyl (C=O) groups is 3. The zero-order chi connectivity index (χ0) is 23.5. The molecule has 1 saturated heterocycles. The first kappa shape index (κ1) is 22.9. The average molecular weight is 472 g/mol. The van der Waals surface area contributed by atoms with E-state index in [-0.39, 0.29) is 36.6 Å². The van der Waals surface area contributed by atoms with E-state index < -0.39 is 5.92 Å². The quantitative estimate of drug-likeness (QED) is 0.615. The van der Waals surface area contributed by atoms with Crippen LogP contribution in [0.4, 0.5) is 11.4 Å². The fraction of sp³-hybridized carbons (Fsp3) is 0.375. The third-order valence-corrected chi connectivity index (χ3v) is 6.17. The molecule has 0 bridgehead atoms. The number of nitrogens with one attached hydrogen (secondary N) is 2. The first-order valence-corrected chi connectivity index (χ1v) is 11.2. The van der Waals surface area contributed by atoms with Gasteiger partial charge in [0, 0.05) is 37.2 Å². The van der Waals surface area contributed by atoms with E-state index in [2.05, 4.69) is 10.6 Å². The van der Waals surface area contributed by atoms with Crippen molar-refractivity contribution in [1.82, 2.24) is 5.32 Å². The first-order chi connectivity index (χ1) is 15.9. The van der Waals surface area contributed by atoms with Crippen LogP contribution in [-0.2, 0) is 20.9 Å². The number of hydrogen-bond acceptors (Lipinski definition) is 5. The van der Waals surface area contributed by atoms with Crippen LogP contribution < -0.4 is 25.0 Å². The summed E-state index contributed by atoms with van der Waals surface area (Å²) in [5.74, 6) is 0.227. The molecule has 2 fully saturated rings. The predicted octanol–water partition coefficient (Wildman–Crippen LogP) is 3.38. The minimum atomic E-state index is -0.486. The Balaban J connectivity index is 1.35. The molecule has 0 aromatic heterocycles. The van der Waals surface area contributed by atoms with Crippen LogP contribution in [0, 0.1) is 11.8 Å². The molecule has 1 saturated carbocycles. The number of nitrogens with zero attached hydrogens (tertiary/aromatic N) is 1. The maximum atomic E-state index is 12.7. The van der Waals surface area contributed by atoms with Crippen LogP contribution in [0.3, 0.4) is 0 Å². The summed E-state index contributed by atoms with van der Waals surface area (Å²) in [7, 11) is 3.00. The van der Waals surface area contributed by atoms with Crippen LogP contribution in [0.25, 0.3) is 0 Å². The number of rotatable bonds is 8. The Morgan fingerprint density at radius 2 is 1.73 bits per heavy atom. The Kier molecular flexibility index (Phi) is 6.74. The average Bonchev–Trinajstić information content (AvgIpc) is 3.60. The summed E-state index contributed by atoms with van der Waals surface area (Å²) in [5.41, 5.74) is 2.15. The summed E-state index contributed by atoms with van der Waals surface area (Å²) < 4.78 is 10.6. The zero-order valence-electron chi connectivity index (χ0n) is 18.5.